The molecule has 2 fully saturated rings. The molecule has 33 heavy (non-hydrogen) atoms. The molecule has 9 heteroatoms. The summed E-state index contributed by atoms with van der Waals surface area (Å²) in [5.41, 5.74) is 1.47. The number of rotatable bonds is 5. The fourth-order valence-corrected chi connectivity index (χ4v) is 5.97. The molecule has 2 aliphatic heterocycles. The Hall–Kier alpha value is -2.78. The van der Waals surface area contributed by atoms with E-state index in [1.54, 1.807) is 29.2 Å². The van der Waals surface area contributed by atoms with Gasteiger partial charge in [-0.2, -0.15) is 4.31 Å². The summed E-state index contributed by atoms with van der Waals surface area (Å²) < 4.78 is 40.4. The Bertz CT molecular complexity index is 1110. The number of anilines is 1. The van der Waals surface area contributed by atoms with Gasteiger partial charge >= 0.3 is 0 Å². The van der Waals surface area contributed by atoms with Crippen LogP contribution in [0.2, 0.25) is 0 Å². The molecule has 1 atom stereocenters. The Kier molecular flexibility index (Phi) is 6.81. The zero-order chi connectivity index (χ0) is 23.6. The van der Waals surface area contributed by atoms with Gasteiger partial charge in [-0.1, -0.05) is 17.7 Å². The van der Waals surface area contributed by atoms with Crippen molar-refractivity contribution in [1.82, 2.24) is 9.21 Å². The van der Waals surface area contributed by atoms with Crippen molar-refractivity contribution in [3.8, 4) is 0 Å². The van der Waals surface area contributed by atoms with Crippen molar-refractivity contribution < 1.29 is 22.4 Å². The van der Waals surface area contributed by atoms with Crippen molar-refractivity contribution in [2.75, 3.05) is 25.0 Å². The predicted octanol–water partition coefficient (Wildman–Crippen LogP) is 3.16. The Morgan fingerprint density at radius 3 is 2.21 bits per heavy atom. The lowest BCUT2D eigenvalue weighted by Gasteiger charge is -2.34. The molecule has 2 heterocycles. The van der Waals surface area contributed by atoms with Gasteiger partial charge < -0.3 is 10.2 Å². The topological polar surface area (TPSA) is 86.8 Å². The van der Waals surface area contributed by atoms with Crippen LogP contribution in [0.15, 0.2) is 53.4 Å². The smallest absolute Gasteiger partial charge is 0.247 e. The number of sulfonamides is 1. The third-order valence-corrected chi connectivity index (χ3v) is 8.33. The van der Waals surface area contributed by atoms with Crippen molar-refractivity contribution in [3.05, 3.63) is 59.9 Å². The quantitative estimate of drug-likeness (QED) is 0.723. The standard InChI is InChI=1S/C24H28FN3O4S/c1-17-4-10-21(11-5-17)33(31,32)27-15-12-18(13-16-27)24(30)28-14-2-3-22(28)23(29)26-20-8-6-19(25)7-9-20/h4-11,18,22H,2-3,12-16H2,1H3,(H,26,29)/t22-/m0/s1. The van der Waals surface area contributed by atoms with Gasteiger partial charge in [0.2, 0.25) is 21.8 Å². The van der Waals surface area contributed by atoms with Crippen molar-refractivity contribution in [1.29, 1.82) is 0 Å². The second-order valence-electron chi connectivity index (χ2n) is 8.68. The molecule has 0 aromatic heterocycles. The first-order chi connectivity index (χ1) is 15.8. The zero-order valence-corrected chi connectivity index (χ0v) is 19.4. The minimum absolute atomic E-state index is 0.0980. The van der Waals surface area contributed by atoms with Gasteiger partial charge in [-0.25, -0.2) is 12.8 Å². The molecule has 0 aliphatic carbocycles. The van der Waals surface area contributed by atoms with Crippen LogP contribution in [0, 0.1) is 18.7 Å². The third-order valence-electron chi connectivity index (χ3n) is 6.41. The molecule has 0 spiro atoms. The van der Waals surface area contributed by atoms with Gasteiger partial charge in [0.15, 0.2) is 0 Å². The van der Waals surface area contributed by atoms with Crippen LogP contribution >= 0.6 is 0 Å². The summed E-state index contributed by atoms with van der Waals surface area (Å²) in [6.07, 6.45) is 2.15. The molecular formula is C24H28FN3O4S. The molecular weight excluding hydrogens is 445 g/mol. The third kappa shape index (κ3) is 5.09. The predicted molar refractivity (Wildman–Crippen MR) is 122 cm³/mol. The number of benzene rings is 2. The van der Waals surface area contributed by atoms with Crippen LogP contribution in [-0.2, 0) is 19.6 Å². The number of amides is 2. The van der Waals surface area contributed by atoms with Crippen LogP contribution < -0.4 is 5.32 Å². The number of piperidine rings is 1. The molecule has 2 aromatic carbocycles. The van der Waals surface area contributed by atoms with E-state index in [9.17, 15) is 22.4 Å². The van der Waals surface area contributed by atoms with Gasteiger partial charge in [0.05, 0.1) is 4.90 Å². The Morgan fingerprint density at radius 2 is 1.58 bits per heavy atom. The van der Waals surface area contributed by atoms with Gasteiger partial charge in [0.25, 0.3) is 0 Å². The number of nitrogens with one attached hydrogen (secondary N) is 1. The van der Waals surface area contributed by atoms with Gasteiger partial charge in [-0.05, 0) is 69.0 Å². The van der Waals surface area contributed by atoms with Gasteiger partial charge in [-0.3, -0.25) is 9.59 Å². The molecule has 0 radical (unpaired) electrons. The maximum Gasteiger partial charge on any atom is 0.247 e. The van der Waals surface area contributed by atoms with E-state index < -0.39 is 16.1 Å². The van der Waals surface area contributed by atoms with Crippen LogP contribution in [0.3, 0.4) is 0 Å². The average Bonchev–Trinajstić information content (AvgIpc) is 3.31. The van der Waals surface area contributed by atoms with Crippen molar-refractivity contribution in [3.63, 3.8) is 0 Å². The van der Waals surface area contributed by atoms with E-state index >= 15 is 0 Å². The zero-order valence-electron chi connectivity index (χ0n) is 18.5. The number of halogens is 1. The first-order valence-electron chi connectivity index (χ1n) is 11.2. The number of aryl methyl sites for hydroxylation is 1. The van der Waals surface area contributed by atoms with Crippen molar-refractivity contribution >= 4 is 27.5 Å². The monoisotopic (exact) mass is 473 g/mol. The number of likely N-dealkylation sites (tertiary alicyclic amines) is 1. The molecule has 7 nitrogen and oxygen atoms in total. The number of nitrogens with zero attached hydrogens (tertiary/aromatic N) is 2. The van der Waals surface area contributed by atoms with E-state index in [2.05, 4.69) is 5.32 Å². The van der Waals surface area contributed by atoms with Crippen molar-refractivity contribution in [2.24, 2.45) is 5.92 Å². The maximum atomic E-state index is 13.2. The van der Waals surface area contributed by atoms with E-state index in [1.807, 2.05) is 6.92 Å². The largest absolute Gasteiger partial charge is 0.330 e. The van der Waals surface area contributed by atoms with E-state index in [0.717, 1.165) is 12.0 Å². The van der Waals surface area contributed by atoms with Crippen LogP contribution in [0.4, 0.5) is 10.1 Å². The lowest BCUT2D eigenvalue weighted by atomic mass is 9.96. The number of carbonyl (C=O) groups excluding carboxylic acids is 2. The van der Waals surface area contributed by atoms with Crippen molar-refractivity contribution in [2.45, 2.75) is 43.5 Å². The lowest BCUT2D eigenvalue weighted by Crippen LogP contribution is -2.48. The normalized spacial score (nSPS) is 20.1. The average molecular weight is 474 g/mol. The minimum atomic E-state index is -3.59. The lowest BCUT2D eigenvalue weighted by molar-refractivity contribution is -0.141. The molecule has 4 rings (SSSR count). The van der Waals surface area contributed by atoms with E-state index in [4.69, 9.17) is 0 Å². The van der Waals surface area contributed by atoms with Gasteiger partial charge in [0, 0.05) is 31.2 Å². The Balaban J connectivity index is 1.37. The fourth-order valence-electron chi connectivity index (χ4n) is 4.50. The summed E-state index contributed by atoms with van der Waals surface area (Å²) in [7, 11) is -3.59. The molecule has 0 unspecified atom stereocenters. The summed E-state index contributed by atoms with van der Waals surface area (Å²) in [6.45, 7) is 2.95. The number of hydrogen-bond acceptors (Lipinski definition) is 4. The second-order valence-corrected chi connectivity index (χ2v) is 10.6. The van der Waals surface area contributed by atoms with E-state index in [-0.39, 0.29) is 41.5 Å². The highest BCUT2D eigenvalue weighted by Crippen LogP contribution is 2.28. The highest BCUT2D eigenvalue weighted by Gasteiger charge is 2.39. The highest BCUT2D eigenvalue weighted by atomic mass is 32.2. The molecule has 2 aromatic rings. The minimum Gasteiger partial charge on any atom is -0.330 e. The SMILES string of the molecule is Cc1ccc(S(=O)(=O)N2CCC(C(=O)N3CCC[C@H]3C(=O)Nc3ccc(F)cc3)CC2)cc1. The van der Waals surface area contributed by atoms with Crippen LogP contribution in [0.5, 0.6) is 0 Å². The molecule has 0 saturated carbocycles. The second kappa shape index (κ2) is 9.61. The molecule has 2 aliphatic rings. The molecule has 176 valence electrons. The fraction of sp³-hybridized carbons (Fsp3) is 0.417. The van der Waals surface area contributed by atoms with Gasteiger partial charge in [-0.15, -0.1) is 0 Å². The first-order valence-corrected chi connectivity index (χ1v) is 12.6. The van der Waals surface area contributed by atoms with Crippen LogP contribution in [-0.4, -0.2) is 55.1 Å². The van der Waals surface area contributed by atoms with Gasteiger partial charge in [0.1, 0.15) is 11.9 Å². The highest BCUT2D eigenvalue weighted by molar-refractivity contribution is 7.89. The first kappa shape index (κ1) is 23.4. The summed E-state index contributed by atoms with van der Waals surface area (Å²) in [4.78, 5) is 27.9. The maximum absolute atomic E-state index is 13.2. The number of carbonyl (C=O) groups is 2. The molecule has 2 amide bonds. The number of hydrogen-bond donors (Lipinski definition) is 1. The Morgan fingerprint density at radius 1 is 0.939 bits per heavy atom. The summed E-state index contributed by atoms with van der Waals surface area (Å²) in [5.74, 6) is -1.08. The Labute approximate surface area is 193 Å². The van der Waals surface area contributed by atoms with Crippen LogP contribution in [0.1, 0.15) is 31.2 Å². The van der Waals surface area contributed by atoms with E-state index in [0.29, 0.717) is 31.5 Å². The molecule has 1 N–H and O–H groups in total. The van der Waals surface area contributed by atoms with Crippen LogP contribution in [0.25, 0.3) is 0 Å². The molecule has 0 bridgehead atoms. The van der Waals surface area contributed by atoms with E-state index in [1.165, 1.54) is 28.6 Å². The molecule has 2 saturated heterocycles. The summed E-state index contributed by atoms with van der Waals surface area (Å²) >= 11 is 0. The summed E-state index contributed by atoms with van der Waals surface area (Å²) in [6, 6.07) is 11.7. The summed E-state index contributed by atoms with van der Waals surface area (Å²) in [5, 5.41) is 2.76.